The molecule has 0 spiro atoms. The van der Waals surface area contributed by atoms with Gasteiger partial charge in [-0.25, -0.2) is 0 Å². The van der Waals surface area contributed by atoms with Crippen molar-refractivity contribution in [2.24, 2.45) is 5.92 Å². The zero-order valence-corrected chi connectivity index (χ0v) is 23.5. The molecule has 0 aliphatic heterocycles. The first-order chi connectivity index (χ1) is 15.3. The summed E-state index contributed by atoms with van der Waals surface area (Å²) in [5, 5.41) is 1.49. The summed E-state index contributed by atoms with van der Waals surface area (Å²) in [5.41, 5.74) is 5.61. The molecule has 0 N–H and O–H groups in total. The van der Waals surface area contributed by atoms with E-state index < -0.39 is 8.07 Å². The molecule has 0 amide bonds. The van der Waals surface area contributed by atoms with E-state index >= 15 is 0 Å². The van der Waals surface area contributed by atoms with Crippen LogP contribution in [0, 0.1) is 18.1 Å². The SMILES string of the molecule is CC(C)Cc1cc(-c2[c-]cccc2)ncc1[Si](C)(C)C.[Ir].[c-]1ccccc1-c1ccccn1. The zero-order chi connectivity index (χ0) is 23.0. The van der Waals surface area contributed by atoms with Crippen LogP contribution in [-0.4, -0.2) is 18.0 Å². The van der Waals surface area contributed by atoms with Gasteiger partial charge in [0.1, 0.15) is 0 Å². The van der Waals surface area contributed by atoms with Crippen LogP contribution in [0.15, 0.2) is 85.2 Å². The van der Waals surface area contributed by atoms with E-state index in [4.69, 9.17) is 0 Å². The Labute approximate surface area is 213 Å². The minimum atomic E-state index is -1.34. The molecule has 4 heteroatoms. The number of pyridine rings is 2. The standard InChI is InChI=1S/C18H24NSi.C11H8N.Ir/c1-14(2)11-16-12-17(15-9-7-6-8-10-15)19-13-18(16)20(3,4)5;1-2-6-10(7-3-1)11-8-4-5-9-12-11;/h6-9,12-14H,11H2,1-5H3;1-6,8-9H;/q2*-1;. The summed E-state index contributed by atoms with van der Waals surface area (Å²) in [6, 6.07) is 30.4. The van der Waals surface area contributed by atoms with Crippen LogP contribution < -0.4 is 5.19 Å². The van der Waals surface area contributed by atoms with E-state index in [-0.39, 0.29) is 20.1 Å². The second kappa shape index (κ2) is 12.7. The average molecular weight is 629 g/mol. The molecule has 2 nitrogen and oxygen atoms in total. The Morgan fingerprint density at radius 3 is 1.88 bits per heavy atom. The molecule has 0 unspecified atom stereocenters. The predicted octanol–water partition coefficient (Wildman–Crippen LogP) is 6.84. The Balaban J connectivity index is 0.000000253. The Hall–Kier alpha value is -2.39. The van der Waals surface area contributed by atoms with E-state index in [9.17, 15) is 0 Å². The van der Waals surface area contributed by atoms with Gasteiger partial charge in [0, 0.05) is 32.5 Å². The first kappa shape index (κ1) is 26.9. The molecule has 2 heterocycles. The molecule has 0 bridgehead atoms. The van der Waals surface area contributed by atoms with Crippen molar-refractivity contribution in [2.75, 3.05) is 0 Å². The van der Waals surface area contributed by atoms with Crippen molar-refractivity contribution in [1.82, 2.24) is 9.97 Å². The van der Waals surface area contributed by atoms with E-state index in [1.807, 2.05) is 60.7 Å². The number of aromatic nitrogens is 2. The third kappa shape index (κ3) is 8.15. The number of hydrogen-bond acceptors (Lipinski definition) is 2. The van der Waals surface area contributed by atoms with Gasteiger partial charge < -0.3 is 9.97 Å². The van der Waals surface area contributed by atoms with Gasteiger partial charge in [0.2, 0.25) is 0 Å². The Morgan fingerprint density at radius 1 is 0.788 bits per heavy atom. The maximum atomic E-state index is 4.69. The van der Waals surface area contributed by atoms with Crippen LogP contribution >= 0.6 is 0 Å². The van der Waals surface area contributed by atoms with Gasteiger partial charge in [-0.05, 0) is 35.0 Å². The minimum absolute atomic E-state index is 0. The second-order valence-electron chi connectivity index (χ2n) is 9.34. The van der Waals surface area contributed by atoms with Crippen LogP contribution in [-0.2, 0) is 26.5 Å². The zero-order valence-electron chi connectivity index (χ0n) is 20.1. The summed E-state index contributed by atoms with van der Waals surface area (Å²) in [6.07, 6.45) is 5.03. The average Bonchev–Trinajstić information content (AvgIpc) is 2.80. The third-order valence-corrected chi connectivity index (χ3v) is 7.13. The number of benzene rings is 2. The van der Waals surface area contributed by atoms with Gasteiger partial charge in [-0.2, -0.15) is 0 Å². The van der Waals surface area contributed by atoms with E-state index in [2.05, 4.69) is 73.9 Å². The van der Waals surface area contributed by atoms with Crippen molar-refractivity contribution in [1.29, 1.82) is 0 Å². The van der Waals surface area contributed by atoms with Crippen molar-refractivity contribution in [3.63, 3.8) is 0 Å². The van der Waals surface area contributed by atoms with Crippen LogP contribution in [0.3, 0.4) is 0 Å². The molecule has 0 fully saturated rings. The monoisotopic (exact) mass is 629 g/mol. The molecule has 33 heavy (non-hydrogen) atoms. The maximum Gasteiger partial charge on any atom is 0.0798 e. The summed E-state index contributed by atoms with van der Waals surface area (Å²) in [7, 11) is -1.34. The number of hydrogen-bond donors (Lipinski definition) is 0. The van der Waals surface area contributed by atoms with E-state index in [0.717, 1.165) is 28.9 Å². The normalized spacial score (nSPS) is 10.7. The predicted molar refractivity (Wildman–Crippen MR) is 139 cm³/mol. The van der Waals surface area contributed by atoms with Gasteiger partial charge in [-0.3, -0.25) is 0 Å². The summed E-state index contributed by atoms with van der Waals surface area (Å²) < 4.78 is 0. The second-order valence-corrected chi connectivity index (χ2v) is 14.4. The van der Waals surface area contributed by atoms with Crippen LogP contribution in [0.5, 0.6) is 0 Å². The van der Waals surface area contributed by atoms with Crippen LogP contribution in [0.25, 0.3) is 22.5 Å². The summed E-state index contributed by atoms with van der Waals surface area (Å²) in [4.78, 5) is 8.90. The molecule has 173 valence electrons. The Bertz CT molecular complexity index is 1060. The molecule has 0 aliphatic rings. The molecular weight excluding hydrogens is 597 g/mol. The van der Waals surface area contributed by atoms with Gasteiger partial charge >= 0.3 is 0 Å². The van der Waals surface area contributed by atoms with Crippen molar-refractivity contribution in [2.45, 2.75) is 39.9 Å². The molecule has 4 rings (SSSR count). The molecule has 0 saturated carbocycles. The molecule has 4 aromatic rings. The largest absolute Gasteiger partial charge is 0.305 e. The van der Waals surface area contributed by atoms with Gasteiger partial charge in [-0.1, -0.05) is 57.3 Å². The van der Waals surface area contributed by atoms with E-state index in [1.165, 1.54) is 10.8 Å². The molecular formula is C29H32IrN2Si-2. The van der Waals surface area contributed by atoms with E-state index in [0.29, 0.717) is 5.92 Å². The molecule has 1 radical (unpaired) electrons. The third-order valence-electron chi connectivity index (χ3n) is 5.06. The fraction of sp³-hybridized carbons (Fsp3) is 0.241. The number of rotatable bonds is 5. The van der Waals surface area contributed by atoms with Gasteiger partial charge in [0.05, 0.1) is 8.07 Å². The maximum absolute atomic E-state index is 4.69. The quantitative estimate of drug-likeness (QED) is 0.179. The molecule has 0 aliphatic carbocycles. The molecule has 2 aromatic carbocycles. The topological polar surface area (TPSA) is 25.8 Å². The van der Waals surface area contributed by atoms with Gasteiger partial charge in [-0.15, -0.1) is 71.8 Å². The first-order valence-corrected chi connectivity index (χ1v) is 14.7. The number of nitrogens with zero attached hydrogens (tertiary/aromatic N) is 2. The van der Waals surface area contributed by atoms with Crippen molar-refractivity contribution in [3.8, 4) is 22.5 Å². The van der Waals surface area contributed by atoms with E-state index in [1.54, 1.807) is 6.20 Å². The van der Waals surface area contributed by atoms with Crippen LogP contribution in [0.4, 0.5) is 0 Å². The first-order valence-electron chi connectivity index (χ1n) is 11.2. The summed E-state index contributed by atoms with van der Waals surface area (Å²) >= 11 is 0. The van der Waals surface area contributed by atoms with Crippen molar-refractivity contribution >= 4 is 13.3 Å². The smallest absolute Gasteiger partial charge is 0.0798 e. The minimum Gasteiger partial charge on any atom is -0.305 e. The Kier molecular flexibility index (Phi) is 10.4. The fourth-order valence-corrected chi connectivity index (χ4v) is 5.15. The summed E-state index contributed by atoms with van der Waals surface area (Å²) in [5.74, 6) is 0.667. The van der Waals surface area contributed by atoms with Crippen LogP contribution in [0.1, 0.15) is 19.4 Å². The Morgan fingerprint density at radius 2 is 1.39 bits per heavy atom. The van der Waals surface area contributed by atoms with Crippen molar-refractivity contribution in [3.05, 3.63) is 103 Å². The molecule has 0 atom stereocenters. The molecule has 0 saturated heterocycles. The van der Waals surface area contributed by atoms with Gasteiger partial charge in [0.15, 0.2) is 0 Å². The van der Waals surface area contributed by atoms with Gasteiger partial charge in [0.25, 0.3) is 0 Å². The summed E-state index contributed by atoms with van der Waals surface area (Å²) in [6.45, 7) is 11.7. The van der Waals surface area contributed by atoms with Crippen molar-refractivity contribution < 1.29 is 20.1 Å². The molecule has 2 aromatic heterocycles. The fourth-order valence-electron chi connectivity index (χ4n) is 3.56. The van der Waals surface area contributed by atoms with Crippen LogP contribution in [0.2, 0.25) is 19.6 Å².